The van der Waals surface area contributed by atoms with Crippen LogP contribution in [-0.2, 0) is 14.4 Å². The number of benzene rings is 1. The van der Waals surface area contributed by atoms with Crippen LogP contribution in [0.15, 0.2) is 30.3 Å². The minimum atomic E-state index is -0.980. The standard InChI is InChI=1S/C16H20N2O4/c1-9(13(19)18-10-7-5-4-6-8-10)17-14(20)11-12(15(21)22)16(11,2)3/h4-9,11-12H,1-3H3,(H,17,20)(H,18,19)(H,21,22)/t9?,11-,12+/m0/s1. The van der Waals surface area contributed by atoms with Crippen molar-refractivity contribution >= 4 is 23.5 Å². The maximum atomic E-state index is 12.1. The molecule has 0 spiro atoms. The van der Waals surface area contributed by atoms with E-state index in [1.807, 2.05) is 6.07 Å². The molecular weight excluding hydrogens is 284 g/mol. The highest BCUT2D eigenvalue weighted by Gasteiger charge is 2.66. The molecule has 1 aliphatic carbocycles. The van der Waals surface area contributed by atoms with E-state index in [4.69, 9.17) is 5.11 Å². The van der Waals surface area contributed by atoms with Crippen molar-refractivity contribution < 1.29 is 19.5 Å². The van der Waals surface area contributed by atoms with Gasteiger partial charge in [-0.05, 0) is 24.5 Å². The zero-order valence-electron chi connectivity index (χ0n) is 12.8. The minimum absolute atomic E-state index is 0.343. The summed E-state index contributed by atoms with van der Waals surface area (Å²) in [7, 11) is 0. The Labute approximate surface area is 128 Å². The third-order valence-corrected chi connectivity index (χ3v) is 4.17. The van der Waals surface area contributed by atoms with E-state index in [2.05, 4.69) is 10.6 Å². The van der Waals surface area contributed by atoms with Crippen LogP contribution < -0.4 is 10.6 Å². The molecule has 1 saturated carbocycles. The van der Waals surface area contributed by atoms with Gasteiger partial charge in [0.1, 0.15) is 6.04 Å². The Morgan fingerprint density at radius 2 is 1.73 bits per heavy atom. The molecule has 0 bridgehead atoms. The number of carboxylic acids is 1. The summed E-state index contributed by atoms with van der Waals surface area (Å²) in [5, 5.41) is 14.4. The molecular formula is C16H20N2O4. The lowest BCUT2D eigenvalue weighted by Crippen LogP contribution is -2.43. The van der Waals surface area contributed by atoms with E-state index in [1.54, 1.807) is 45.0 Å². The SMILES string of the molecule is CC(NC(=O)[C@@H]1[C@H](C(=O)O)C1(C)C)C(=O)Nc1ccccc1. The summed E-state index contributed by atoms with van der Waals surface area (Å²) in [5.74, 6) is -3.02. The Kier molecular flexibility index (Phi) is 4.21. The highest BCUT2D eigenvalue weighted by Crippen LogP contribution is 2.58. The quantitative estimate of drug-likeness (QED) is 0.768. The van der Waals surface area contributed by atoms with Crippen molar-refractivity contribution in [1.29, 1.82) is 0 Å². The Balaban J connectivity index is 1.92. The van der Waals surface area contributed by atoms with Crippen LogP contribution in [0.1, 0.15) is 20.8 Å². The second-order valence-corrected chi connectivity index (χ2v) is 6.20. The monoisotopic (exact) mass is 304 g/mol. The lowest BCUT2D eigenvalue weighted by atomic mass is 10.1. The van der Waals surface area contributed by atoms with Gasteiger partial charge in [0.25, 0.3) is 0 Å². The third-order valence-electron chi connectivity index (χ3n) is 4.17. The predicted molar refractivity (Wildman–Crippen MR) is 81.1 cm³/mol. The van der Waals surface area contributed by atoms with Crippen molar-refractivity contribution in [2.45, 2.75) is 26.8 Å². The summed E-state index contributed by atoms with van der Waals surface area (Å²) in [6.07, 6.45) is 0. The molecule has 1 aromatic rings. The van der Waals surface area contributed by atoms with E-state index in [9.17, 15) is 14.4 Å². The molecule has 0 aliphatic heterocycles. The number of hydrogen-bond donors (Lipinski definition) is 3. The van der Waals surface area contributed by atoms with Gasteiger partial charge in [0.2, 0.25) is 11.8 Å². The fraction of sp³-hybridized carbons (Fsp3) is 0.438. The Bertz CT molecular complexity index is 597. The summed E-state index contributed by atoms with van der Waals surface area (Å²) >= 11 is 0. The molecule has 0 aromatic heterocycles. The first kappa shape index (κ1) is 16.0. The van der Waals surface area contributed by atoms with E-state index in [-0.39, 0.29) is 5.91 Å². The van der Waals surface area contributed by atoms with Crippen molar-refractivity contribution in [3.05, 3.63) is 30.3 Å². The molecule has 2 amide bonds. The number of para-hydroxylation sites is 1. The molecule has 3 N–H and O–H groups in total. The summed E-state index contributed by atoms with van der Waals surface area (Å²) in [4.78, 5) is 35.3. The van der Waals surface area contributed by atoms with Crippen molar-refractivity contribution in [3.8, 4) is 0 Å². The molecule has 0 radical (unpaired) electrons. The summed E-state index contributed by atoms with van der Waals surface area (Å²) in [6, 6.07) is 8.18. The van der Waals surface area contributed by atoms with Gasteiger partial charge in [0.05, 0.1) is 11.8 Å². The molecule has 1 unspecified atom stereocenters. The molecule has 0 heterocycles. The van der Waals surface area contributed by atoms with E-state index < -0.39 is 35.2 Å². The number of carboxylic acid groups (broad SMARTS) is 1. The molecule has 0 saturated heterocycles. The molecule has 22 heavy (non-hydrogen) atoms. The van der Waals surface area contributed by atoms with Crippen LogP contribution in [0.2, 0.25) is 0 Å². The Morgan fingerprint density at radius 1 is 1.14 bits per heavy atom. The highest BCUT2D eigenvalue weighted by molar-refractivity contribution is 5.99. The first-order valence-electron chi connectivity index (χ1n) is 7.14. The summed E-state index contributed by atoms with van der Waals surface area (Å²) in [6.45, 7) is 5.05. The van der Waals surface area contributed by atoms with Crippen molar-refractivity contribution in [1.82, 2.24) is 5.32 Å². The number of amides is 2. The number of anilines is 1. The zero-order valence-corrected chi connectivity index (χ0v) is 12.8. The van der Waals surface area contributed by atoms with Crippen molar-refractivity contribution in [2.75, 3.05) is 5.32 Å². The van der Waals surface area contributed by atoms with Gasteiger partial charge in [0.15, 0.2) is 0 Å². The van der Waals surface area contributed by atoms with E-state index in [0.29, 0.717) is 5.69 Å². The summed E-state index contributed by atoms with van der Waals surface area (Å²) < 4.78 is 0. The number of rotatable bonds is 5. The molecule has 1 fully saturated rings. The average molecular weight is 304 g/mol. The number of hydrogen-bond acceptors (Lipinski definition) is 3. The van der Waals surface area contributed by atoms with E-state index in [1.165, 1.54) is 0 Å². The van der Waals surface area contributed by atoms with Gasteiger partial charge >= 0.3 is 5.97 Å². The normalized spacial score (nSPS) is 23.2. The van der Waals surface area contributed by atoms with Gasteiger partial charge in [-0.15, -0.1) is 0 Å². The van der Waals surface area contributed by atoms with E-state index in [0.717, 1.165) is 0 Å². The van der Waals surface area contributed by atoms with Crippen molar-refractivity contribution in [3.63, 3.8) is 0 Å². The van der Waals surface area contributed by atoms with Crippen LogP contribution >= 0.6 is 0 Å². The molecule has 118 valence electrons. The largest absolute Gasteiger partial charge is 0.481 e. The van der Waals surface area contributed by atoms with E-state index >= 15 is 0 Å². The number of aliphatic carboxylic acids is 1. The van der Waals surface area contributed by atoms with Crippen LogP contribution in [0.5, 0.6) is 0 Å². The smallest absolute Gasteiger partial charge is 0.307 e. The number of carbonyl (C=O) groups excluding carboxylic acids is 2. The van der Waals surface area contributed by atoms with Crippen LogP contribution in [-0.4, -0.2) is 28.9 Å². The Morgan fingerprint density at radius 3 is 2.23 bits per heavy atom. The lowest BCUT2D eigenvalue weighted by Gasteiger charge is -2.14. The second-order valence-electron chi connectivity index (χ2n) is 6.20. The van der Waals surface area contributed by atoms with Crippen molar-refractivity contribution in [2.24, 2.45) is 17.3 Å². The lowest BCUT2D eigenvalue weighted by molar-refractivity contribution is -0.140. The molecule has 1 aliphatic rings. The topological polar surface area (TPSA) is 95.5 Å². The zero-order chi connectivity index (χ0) is 16.5. The molecule has 6 nitrogen and oxygen atoms in total. The number of nitrogens with one attached hydrogen (secondary N) is 2. The second kappa shape index (κ2) is 5.79. The van der Waals surface area contributed by atoms with Gasteiger partial charge in [-0.1, -0.05) is 32.0 Å². The van der Waals surface area contributed by atoms with Gasteiger partial charge in [-0.3, -0.25) is 14.4 Å². The fourth-order valence-electron chi connectivity index (χ4n) is 2.73. The first-order chi connectivity index (χ1) is 10.2. The molecule has 2 rings (SSSR count). The average Bonchev–Trinajstić information content (AvgIpc) is 3.03. The van der Waals surface area contributed by atoms with Gasteiger partial charge < -0.3 is 15.7 Å². The predicted octanol–water partition coefficient (Wildman–Crippen LogP) is 1.49. The fourth-order valence-corrected chi connectivity index (χ4v) is 2.73. The molecule has 6 heteroatoms. The van der Waals surface area contributed by atoms with Crippen LogP contribution in [0.25, 0.3) is 0 Å². The summed E-state index contributed by atoms with van der Waals surface area (Å²) in [5.41, 5.74) is 0.0645. The third kappa shape index (κ3) is 3.10. The van der Waals surface area contributed by atoms with Crippen LogP contribution in [0.3, 0.4) is 0 Å². The molecule has 3 atom stereocenters. The van der Waals surface area contributed by atoms with Crippen LogP contribution in [0, 0.1) is 17.3 Å². The number of carbonyl (C=O) groups is 3. The maximum absolute atomic E-state index is 12.1. The Hall–Kier alpha value is -2.37. The van der Waals surface area contributed by atoms with Crippen LogP contribution in [0.4, 0.5) is 5.69 Å². The van der Waals surface area contributed by atoms with Gasteiger partial charge in [0, 0.05) is 5.69 Å². The molecule has 1 aromatic carbocycles. The maximum Gasteiger partial charge on any atom is 0.307 e. The minimum Gasteiger partial charge on any atom is -0.481 e. The highest BCUT2D eigenvalue weighted by atomic mass is 16.4. The van der Waals surface area contributed by atoms with Gasteiger partial charge in [-0.25, -0.2) is 0 Å². The first-order valence-corrected chi connectivity index (χ1v) is 7.14. The van der Waals surface area contributed by atoms with Gasteiger partial charge in [-0.2, -0.15) is 0 Å².